The molecule has 0 heterocycles. The molecular weight excluding hydrogens is 230 g/mol. The van der Waals surface area contributed by atoms with Gasteiger partial charge in [0.25, 0.3) is 0 Å². The van der Waals surface area contributed by atoms with Crippen molar-refractivity contribution in [1.82, 2.24) is 0 Å². The highest BCUT2D eigenvalue weighted by Gasteiger charge is 2.19. The Morgan fingerprint density at radius 2 is 2.00 bits per heavy atom. The van der Waals surface area contributed by atoms with E-state index in [4.69, 9.17) is 6.42 Å². The van der Waals surface area contributed by atoms with Crippen LogP contribution in [0.15, 0.2) is 48.5 Å². The molecule has 2 aromatic carbocycles. The molecule has 0 aromatic heterocycles. The van der Waals surface area contributed by atoms with Gasteiger partial charge in [0, 0.05) is 11.3 Å². The molecular formula is C18H17N. The van der Waals surface area contributed by atoms with Crippen LogP contribution in [-0.4, -0.2) is 0 Å². The zero-order valence-corrected chi connectivity index (χ0v) is 10.9. The van der Waals surface area contributed by atoms with E-state index < -0.39 is 0 Å². The first-order valence-corrected chi connectivity index (χ1v) is 6.78. The lowest BCUT2D eigenvalue weighted by Gasteiger charge is -2.27. The van der Waals surface area contributed by atoms with Crippen molar-refractivity contribution in [3.05, 3.63) is 65.2 Å². The normalized spacial score (nSPS) is 17.3. The summed E-state index contributed by atoms with van der Waals surface area (Å²) in [5.41, 5.74) is 4.94. The van der Waals surface area contributed by atoms with E-state index in [9.17, 15) is 0 Å². The van der Waals surface area contributed by atoms with Gasteiger partial charge in [-0.25, -0.2) is 0 Å². The topological polar surface area (TPSA) is 12.0 Å². The molecule has 3 rings (SSSR count). The van der Waals surface area contributed by atoms with Crippen LogP contribution in [0, 0.1) is 12.3 Å². The Balaban J connectivity index is 1.86. The zero-order valence-electron chi connectivity index (χ0n) is 10.9. The van der Waals surface area contributed by atoms with Crippen molar-refractivity contribution in [2.24, 2.45) is 0 Å². The molecule has 0 aliphatic heterocycles. The van der Waals surface area contributed by atoms with Crippen LogP contribution in [-0.2, 0) is 6.42 Å². The van der Waals surface area contributed by atoms with Crippen LogP contribution < -0.4 is 5.32 Å². The van der Waals surface area contributed by atoms with Crippen molar-refractivity contribution in [2.75, 3.05) is 5.32 Å². The van der Waals surface area contributed by atoms with Gasteiger partial charge in [-0.2, -0.15) is 0 Å². The van der Waals surface area contributed by atoms with E-state index in [-0.39, 0.29) is 0 Å². The van der Waals surface area contributed by atoms with Crippen LogP contribution in [0.2, 0.25) is 0 Å². The maximum atomic E-state index is 5.45. The zero-order chi connectivity index (χ0) is 13.1. The third-order valence-electron chi connectivity index (χ3n) is 3.74. The van der Waals surface area contributed by atoms with E-state index in [1.807, 2.05) is 18.2 Å². The minimum absolute atomic E-state index is 0.401. The van der Waals surface area contributed by atoms with Crippen LogP contribution in [0.25, 0.3) is 0 Å². The number of nitrogens with one attached hydrogen (secondary N) is 1. The van der Waals surface area contributed by atoms with Gasteiger partial charge in [0.2, 0.25) is 0 Å². The third-order valence-corrected chi connectivity index (χ3v) is 3.74. The Bertz CT molecular complexity index is 622. The highest BCUT2D eigenvalue weighted by Crippen LogP contribution is 2.32. The third kappa shape index (κ3) is 2.48. The summed E-state index contributed by atoms with van der Waals surface area (Å²) in [6.45, 7) is 0. The molecule has 0 bridgehead atoms. The highest BCUT2D eigenvalue weighted by atomic mass is 14.9. The standard InChI is InChI=1S/C18H17N/c1-2-14-7-5-10-16(13-14)19-18-12-6-9-15-8-3-4-11-17(15)18/h1,3-5,7-8,10-11,13,18-19H,6,9,12H2. The minimum Gasteiger partial charge on any atom is -0.378 e. The molecule has 1 atom stereocenters. The Labute approximate surface area is 114 Å². The van der Waals surface area contributed by atoms with Crippen LogP contribution >= 0.6 is 0 Å². The fraction of sp³-hybridized carbons (Fsp3) is 0.222. The number of hydrogen-bond acceptors (Lipinski definition) is 1. The fourth-order valence-electron chi connectivity index (χ4n) is 2.80. The number of benzene rings is 2. The van der Waals surface area contributed by atoms with E-state index in [2.05, 4.69) is 41.6 Å². The van der Waals surface area contributed by atoms with Crippen molar-refractivity contribution in [1.29, 1.82) is 0 Å². The van der Waals surface area contributed by atoms with Gasteiger partial charge in [0.15, 0.2) is 0 Å². The molecule has 2 aromatic rings. The molecule has 0 saturated heterocycles. The number of terminal acetylenes is 1. The molecule has 94 valence electrons. The quantitative estimate of drug-likeness (QED) is 0.786. The van der Waals surface area contributed by atoms with E-state index in [0.717, 1.165) is 11.3 Å². The first-order chi connectivity index (χ1) is 9.36. The lowest BCUT2D eigenvalue weighted by Crippen LogP contribution is -2.17. The molecule has 0 radical (unpaired) electrons. The van der Waals surface area contributed by atoms with Gasteiger partial charge in [0.1, 0.15) is 0 Å². The second kappa shape index (κ2) is 5.20. The minimum atomic E-state index is 0.401. The first kappa shape index (κ1) is 11.9. The van der Waals surface area contributed by atoms with Gasteiger partial charge in [-0.3, -0.25) is 0 Å². The largest absolute Gasteiger partial charge is 0.378 e. The summed E-state index contributed by atoms with van der Waals surface area (Å²) in [5, 5.41) is 3.62. The Hall–Kier alpha value is -2.20. The summed E-state index contributed by atoms with van der Waals surface area (Å²) >= 11 is 0. The Kier molecular flexibility index (Phi) is 3.25. The predicted octanol–water partition coefficient (Wildman–Crippen LogP) is 4.16. The van der Waals surface area contributed by atoms with Crippen LogP contribution in [0.4, 0.5) is 5.69 Å². The maximum Gasteiger partial charge on any atom is 0.0516 e. The fourth-order valence-corrected chi connectivity index (χ4v) is 2.80. The van der Waals surface area contributed by atoms with Gasteiger partial charge in [-0.1, -0.05) is 36.3 Å². The van der Waals surface area contributed by atoms with Crippen molar-refractivity contribution in [3.63, 3.8) is 0 Å². The Morgan fingerprint density at radius 3 is 2.89 bits per heavy atom. The van der Waals surface area contributed by atoms with Crippen molar-refractivity contribution < 1.29 is 0 Å². The number of fused-ring (bicyclic) bond motifs is 1. The SMILES string of the molecule is C#Cc1cccc(NC2CCCc3ccccc32)c1. The molecule has 19 heavy (non-hydrogen) atoms. The average Bonchev–Trinajstić information content (AvgIpc) is 2.48. The monoisotopic (exact) mass is 247 g/mol. The van der Waals surface area contributed by atoms with Gasteiger partial charge < -0.3 is 5.32 Å². The summed E-state index contributed by atoms with van der Waals surface area (Å²) in [5.74, 6) is 2.68. The van der Waals surface area contributed by atoms with Gasteiger partial charge >= 0.3 is 0 Å². The predicted molar refractivity (Wildman–Crippen MR) is 80.1 cm³/mol. The van der Waals surface area contributed by atoms with Crippen LogP contribution in [0.1, 0.15) is 35.6 Å². The van der Waals surface area contributed by atoms with E-state index in [1.54, 1.807) is 0 Å². The summed E-state index contributed by atoms with van der Waals surface area (Å²) in [6, 6.07) is 17.2. The highest BCUT2D eigenvalue weighted by molar-refractivity contribution is 5.52. The molecule has 1 heteroatoms. The second-order valence-electron chi connectivity index (χ2n) is 5.01. The molecule has 1 aliphatic carbocycles. The van der Waals surface area contributed by atoms with Crippen molar-refractivity contribution >= 4 is 5.69 Å². The summed E-state index contributed by atoms with van der Waals surface area (Å²) in [4.78, 5) is 0. The summed E-state index contributed by atoms with van der Waals surface area (Å²) < 4.78 is 0. The molecule has 0 spiro atoms. The number of aryl methyl sites for hydroxylation is 1. The van der Waals surface area contributed by atoms with Crippen LogP contribution in [0.5, 0.6) is 0 Å². The first-order valence-electron chi connectivity index (χ1n) is 6.78. The van der Waals surface area contributed by atoms with Gasteiger partial charge in [0.05, 0.1) is 6.04 Å². The molecule has 1 nitrogen and oxygen atoms in total. The van der Waals surface area contributed by atoms with Gasteiger partial charge in [-0.15, -0.1) is 6.42 Å². The van der Waals surface area contributed by atoms with E-state index in [1.165, 1.54) is 30.4 Å². The molecule has 0 saturated carbocycles. The number of hydrogen-bond donors (Lipinski definition) is 1. The Morgan fingerprint density at radius 1 is 1.11 bits per heavy atom. The molecule has 1 N–H and O–H groups in total. The molecule has 0 fully saturated rings. The van der Waals surface area contributed by atoms with Gasteiger partial charge in [-0.05, 0) is 48.6 Å². The lowest BCUT2D eigenvalue weighted by atomic mass is 9.87. The van der Waals surface area contributed by atoms with E-state index in [0.29, 0.717) is 6.04 Å². The van der Waals surface area contributed by atoms with E-state index >= 15 is 0 Å². The second-order valence-corrected chi connectivity index (χ2v) is 5.01. The van der Waals surface area contributed by atoms with Crippen molar-refractivity contribution in [3.8, 4) is 12.3 Å². The molecule has 1 unspecified atom stereocenters. The van der Waals surface area contributed by atoms with Crippen LogP contribution in [0.3, 0.4) is 0 Å². The lowest BCUT2D eigenvalue weighted by molar-refractivity contribution is 0.600. The average molecular weight is 247 g/mol. The number of rotatable bonds is 2. The smallest absolute Gasteiger partial charge is 0.0516 e. The molecule has 1 aliphatic rings. The number of anilines is 1. The van der Waals surface area contributed by atoms with Crippen molar-refractivity contribution in [2.45, 2.75) is 25.3 Å². The maximum absolute atomic E-state index is 5.45. The molecule has 0 amide bonds. The summed E-state index contributed by atoms with van der Waals surface area (Å²) in [6.07, 6.45) is 9.06. The summed E-state index contributed by atoms with van der Waals surface area (Å²) in [7, 11) is 0.